The Kier molecular flexibility index (Phi) is 5.19. The molecule has 0 aliphatic carbocycles. The van der Waals surface area contributed by atoms with Gasteiger partial charge < -0.3 is 15.2 Å². The molecule has 0 amide bonds. The largest absolute Gasteiger partial charge is 0.491 e. The average Bonchev–Trinajstić information content (AvgIpc) is 2.61. The van der Waals surface area contributed by atoms with Gasteiger partial charge in [0.05, 0.1) is 0 Å². The van der Waals surface area contributed by atoms with Gasteiger partial charge in [-0.25, -0.2) is 0 Å². The molecule has 0 radical (unpaired) electrons. The maximum atomic E-state index is 10.00. The van der Waals surface area contributed by atoms with Crippen LogP contribution in [0.1, 0.15) is 5.56 Å². The number of fused-ring (bicyclic) bond motifs is 1. The number of hydrogen-bond acceptors (Lipinski definition) is 4. The molecule has 4 nitrogen and oxygen atoms in total. The van der Waals surface area contributed by atoms with Crippen LogP contribution in [0.5, 0.6) is 5.75 Å². The first-order chi connectivity index (χ1) is 11.3. The number of hydrogen-bond donors (Lipinski definition) is 2. The second-order valence-electron chi connectivity index (χ2n) is 5.47. The number of aromatic nitrogens is 1. The molecule has 1 atom stereocenters. The SMILES string of the molecule is OC(CNCc1cccnc1)COc1ccc2ccccc2c1. The van der Waals surface area contributed by atoms with Crippen molar-refractivity contribution in [2.45, 2.75) is 12.6 Å². The molecule has 4 heteroatoms. The second-order valence-corrected chi connectivity index (χ2v) is 5.47. The molecule has 2 N–H and O–H groups in total. The summed E-state index contributed by atoms with van der Waals surface area (Å²) in [5.41, 5.74) is 1.09. The van der Waals surface area contributed by atoms with Crippen molar-refractivity contribution in [1.29, 1.82) is 0 Å². The molecule has 0 aliphatic heterocycles. The van der Waals surface area contributed by atoms with E-state index < -0.39 is 6.10 Å². The van der Waals surface area contributed by atoms with Crippen LogP contribution in [0.3, 0.4) is 0 Å². The van der Waals surface area contributed by atoms with Crippen molar-refractivity contribution in [3.05, 3.63) is 72.6 Å². The van der Waals surface area contributed by atoms with Crippen molar-refractivity contribution in [2.75, 3.05) is 13.2 Å². The highest BCUT2D eigenvalue weighted by molar-refractivity contribution is 5.83. The Hall–Kier alpha value is -2.43. The summed E-state index contributed by atoms with van der Waals surface area (Å²) < 4.78 is 5.68. The smallest absolute Gasteiger partial charge is 0.120 e. The Morgan fingerprint density at radius 2 is 1.91 bits per heavy atom. The van der Waals surface area contributed by atoms with Gasteiger partial charge in [-0.3, -0.25) is 4.98 Å². The third-order valence-electron chi connectivity index (χ3n) is 3.60. The molecule has 3 rings (SSSR count). The Balaban J connectivity index is 1.45. The van der Waals surface area contributed by atoms with Gasteiger partial charge in [0.15, 0.2) is 0 Å². The van der Waals surface area contributed by atoms with Crippen molar-refractivity contribution >= 4 is 10.8 Å². The molecule has 23 heavy (non-hydrogen) atoms. The molecular weight excluding hydrogens is 288 g/mol. The molecule has 2 aromatic carbocycles. The normalized spacial score (nSPS) is 12.2. The summed E-state index contributed by atoms with van der Waals surface area (Å²) in [6.45, 7) is 1.42. The Morgan fingerprint density at radius 1 is 1.04 bits per heavy atom. The summed E-state index contributed by atoms with van der Waals surface area (Å²) in [5.74, 6) is 0.773. The van der Waals surface area contributed by atoms with E-state index in [1.54, 1.807) is 6.20 Å². The number of rotatable bonds is 7. The summed E-state index contributed by atoms with van der Waals surface area (Å²) in [5, 5.41) is 15.5. The Morgan fingerprint density at radius 3 is 2.74 bits per heavy atom. The van der Waals surface area contributed by atoms with E-state index in [0.717, 1.165) is 16.7 Å². The van der Waals surface area contributed by atoms with Gasteiger partial charge in [-0.1, -0.05) is 36.4 Å². The van der Waals surface area contributed by atoms with E-state index in [9.17, 15) is 5.11 Å². The van der Waals surface area contributed by atoms with Gasteiger partial charge in [-0.05, 0) is 34.5 Å². The lowest BCUT2D eigenvalue weighted by Gasteiger charge is -2.13. The minimum atomic E-state index is -0.557. The molecule has 118 valence electrons. The average molecular weight is 308 g/mol. The van der Waals surface area contributed by atoms with E-state index in [1.165, 1.54) is 5.39 Å². The molecule has 0 aliphatic rings. The third kappa shape index (κ3) is 4.52. The molecule has 3 aromatic rings. The molecule has 0 fully saturated rings. The fourth-order valence-corrected chi connectivity index (χ4v) is 2.39. The summed E-state index contributed by atoms with van der Waals surface area (Å²) in [4.78, 5) is 4.06. The molecule has 1 aromatic heterocycles. The number of benzene rings is 2. The molecule has 0 saturated carbocycles. The quantitative estimate of drug-likeness (QED) is 0.705. The molecule has 1 heterocycles. The number of aliphatic hydroxyl groups is 1. The first-order valence-corrected chi connectivity index (χ1v) is 7.70. The highest BCUT2D eigenvalue weighted by Gasteiger charge is 2.05. The van der Waals surface area contributed by atoms with Crippen LogP contribution in [0.4, 0.5) is 0 Å². The molecular formula is C19H20N2O2. The van der Waals surface area contributed by atoms with E-state index in [4.69, 9.17) is 4.74 Å². The van der Waals surface area contributed by atoms with Crippen molar-refractivity contribution in [3.8, 4) is 5.75 Å². The van der Waals surface area contributed by atoms with E-state index in [1.807, 2.05) is 54.7 Å². The minimum absolute atomic E-state index is 0.262. The Labute approximate surface area is 135 Å². The number of pyridine rings is 1. The monoisotopic (exact) mass is 308 g/mol. The zero-order valence-electron chi connectivity index (χ0n) is 12.9. The zero-order valence-corrected chi connectivity index (χ0v) is 12.9. The number of nitrogens with one attached hydrogen (secondary N) is 1. The lowest BCUT2D eigenvalue weighted by atomic mass is 10.1. The topological polar surface area (TPSA) is 54.4 Å². The maximum absolute atomic E-state index is 10.00. The standard InChI is InChI=1S/C19H20N2O2/c22-18(13-21-12-15-4-3-9-20-11-15)14-23-19-8-7-16-5-1-2-6-17(16)10-19/h1-11,18,21-22H,12-14H2. The Bertz CT molecular complexity index is 746. The number of nitrogens with zero attached hydrogens (tertiary/aromatic N) is 1. The summed E-state index contributed by atoms with van der Waals surface area (Å²) >= 11 is 0. The highest BCUT2D eigenvalue weighted by Crippen LogP contribution is 2.20. The predicted octanol–water partition coefficient (Wildman–Crippen LogP) is 2.76. The van der Waals surface area contributed by atoms with Crippen LogP contribution in [0.25, 0.3) is 10.8 Å². The fraction of sp³-hybridized carbons (Fsp3) is 0.211. The second kappa shape index (κ2) is 7.72. The molecule has 0 spiro atoms. The van der Waals surface area contributed by atoms with E-state index in [-0.39, 0.29) is 6.61 Å². The molecule has 1 unspecified atom stereocenters. The van der Waals surface area contributed by atoms with Gasteiger partial charge in [0, 0.05) is 25.5 Å². The van der Waals surface area contributed by atoms with Gasteiger partial charge in [-0.2, -0.15) is 0 Å². The van der Waals surface area contributed by atoms with E-state index >= 15 is 0 Å². The summed E-state index contributed by atoms with van der Waals surface area (Å²) in [6.07, 6.45) is 3.00. The van der Waals surface area contributed by atoms with Gasteiger partial charge >= 0.3 is 0 Å². The first-order valence-electron chi connectivity index (χ1n) is 7.70. The predicted molar refractivity (Wildman–Crippen MR) is 91.4 cm³/mol. The van der Waals surface area contributed by atoms with Crippen LogP contribution in [0, 0.1) is 0 Å². The highest BCUT2D eigenvalue weighted by atomic mass is 16.5. The first kappa shape index (κ1) is 15.5. The van der Waals surface area contributed by atoms with Gasteiger partial charge in [0.1, 0.15) is 18.5 Å². The zero-order chi connectivity index (χ0) is 15.9. The van der Waals surface area contributed by atoms with Crippen molar-refractivity contribution in [1.82, 2.24) is 10.3 Å². The van der Waals surface area contributed by atoms with E-state index in [2.05, 4.69) is 16.4 Å². The maximum Gasteiger partial charge on any atom is 0.120 e. The minimum Gasteiger partial charge on any atom is -0.491 e. The van der Waals surface area contributed by atoms with Crippen molar-refractivity contribution < 1.29 is 9.84 Å². The van der Waals surface area contributed by atoms with Gasteiger partial charge in [0.2, 0.25) is 0 Å². The van der Waals surface area contributed by atoms with Crippen LogP contribution in [0.15, 0.2) is 67.0 Å². The van der Waals surface area contributed by atoms with E-state index in [0.29, 0.717) is 13.1 Å². The van der Waals surface area contributed by atoms with Gasteiger partial charge in [-0.15, -0.1) is 0 Å². The number of aliphatic hydroxyl groups excluding tert-OH is 1. The van der Waals surface area contributed by atoms with Crippen molar-refractivity contribution in [2.24, 2.45) is 0 Å². The number of ether oxygens (including phenoxy) is 1. The fourth-order valence-electron chi connectivity index (χ4n) is 2.39. The molecule has 0 saturated heterocycles. The van der Waals surface area contributed by atoms with Crippen LogP contribution < -0.4 is 10.1 Å². The van der Waals surface area contributed by atoms with Crippen LogP contribution >= 0.6 is 0 Å². The summed E-state index contributed by atoms with van der Waals surface area (Å²) in [7, 11) is 0. The van der Waals surface area contributed by atoms with Gasteiger partial charge in [0.25, 0.3) is 0 Å². The van der Waals surface area contributed by atoms with Crippen molar-refractivity contribution in [3.63, 3.8) is 0 Å². The lowest BCUT2D eigenvalue weighted by Crippen LogP contribution is -2.31. The molecule has 0 bridgehead atoms. The van der Waals surface area contributed by atoms with Crippen LogP contribution in [0.2, 0.25) is 0 Å². The third-order valence-corrected chi connectivity index (χ3v) is 3.60. The van der Waals surface area contributed by atoms with Crippen LogP contribution in [-0.2, 0) is 6.54 Å². The van der Waals surface area contributed by atoms with Crippen LogP contribution in [-0.4, -0.2) is 29.3 Å². The summed E-state index contributed by atoms with van der Waals surface area (Å²) in [6, 6.07) is 18.0. The lowest BCUT2D eigenvalue weighted by molar-refractivity contribution is 0.106.